The highest BCUT2D eigenvalue weighted by Crippen LogP contribution is 2.58. The Balaban J connectivity index is 1.87. The van der Waals surface area contributed by atoms with Crippen LogP contribution in [0.1, 0.15) is 39.0 Å². The van der Waals surface area contributed by atoms with E-state index in [1.54, 1.807) is 0 Å². The summed E-state index contributed by atoms with van der Waals surface area (Å²) in [5, 5.41) is 21.2. The zero-order chi connectivity index (χ0) is 13.2. The minimum absolute atomic E-state index is 0.165. The lowest BCUT2D eigenvalue weighted by Gasteiger charge is -2.66. The third-order valence-corrected chi connectivity index (χ3v) is 6.42. The van der Waals surface area contributed by atoms with Gasteiger partial charge in [0.2, 0.25) is 0 Å². The molecule has 4 aliphatic rings. The van der Waals surface area contributed by atoms with Gasteiger partial charge in [0.1, 0.15) is 0 Å². The smallest absolute Gasteiger partial charge is 0.0868 e. The maximum Gasteiger partial charge on any atom is 0.0868 e. The van der Waals surface area contributed by atoms with E-state index in [0.717, 1.165) is 12.8 Å². The standard InChI is InChI=1S/C16H25NO2/c1-10-8-11-12-4-2-6-17-7-3-5-13(15(19)14(11)18)16(12,17)9-10/h8,11-15,18-19H,2-7,9H2,1H3. The summed E-state index contributed by atoms with van der Waals surface area (Å²) in [4.78, 5) is 2.67. The molecule has 1 saturated carbocycles. The second-order valence-corrected chi connectivity index (χ2v) is 7.22. The number of hydrogen-bond acceptors (Lipinski definition) is 3. The molecule has 4 rings (SSSR count). The van der Waals surface area contributed by atoms with Gasteiger partial charge in [-0.25, -0.2) is 0 Å². The summed E-state index contributed by atoms with van der Waals surface area (Å²) >= 11 is 0. The van der Waals surface area contributed by atoms with Gasteiger partial charge in [-0.05, 0) is 58.0 Å². The number of aliphatic hydroxyl groups is 2. The van der Waals surface area contributed by atoms with Crippen molar-refractivity contribution in [3.8, 4) is 0 Å². The van der Waals surface area contributed by atoms with Gasteiger partial charge in [0.25, 0.3) is 0 Å². The molecule has 3 nitrogen and oxygen atoms in total. The van der Waals surface area contributed by atoms with Crippen LogP contribution in [0.2, 0.25) is 0 Å². The van der Waals surface area contributed by atoms with Gasteiger partial charge in [0.15, 0.2) is 0 Å². The number of piperidine rings is 2. The SMILES string of the molecule is CC1=CC2C(O)C(O)C3CCCN4CCCC2C34C1. The Morgan fingerprint density at radius 1 is 1.11 bits per heavy atom. The molecule has 19 heavy (non-hydrogen) atoms. The fourth-order valence-corrected chi connectivity index (χ4v) is 5.89. The largest absolute Gasteiger partial charge is 0.390 e. The van der Waals surface area contributed by atoms with Crippen LogP contribution >= 0.6 is 0 Å². The van der Waals surface area contributed by atoms with Gasteiger partial charge in [-0.3, -0.25) is 4.90 Å². The summed E-state index contributed by atoms with van der Waals surface area (Å²) in [5.41, 5.74) is 1.59. The Labute approximate surface area is 115 Å². The van der Waals surface area contributed by atoms with Crippen molar-refractivity contribution in [3.05, 3.63) is 11.6 Å². The second kappa shape index (κ2) is 4.06. The van der Waals surface area contributed by atoms with Crippen LogP contribution in [-0.2, 0) is 0 Å². The van der Waals surface area contributed by atoms with Crippen LogP contribution in [0.4, 0.5) is 0 Å². The van der Waals surface area contributed by atoms with Crippen molar-refractivity contribution in [2.75, 3.05) is 13.1 Å². The van der Waals surface area contributed by atoms with E-state index in [-0.39, 0.29) is 17.4 Å². The summed E-state index contributed by atoms with van der Waals surface area (Å²) < 4.78 is 0. The van der Waals surface area contributed by atoms with Crippen molar-refractivity contribution in [2.45, 2.75) is 56.8 Å². The van der Waals surface area contributed by atoms with Crippen LogP contribution in [0.5, 0.6) is 0 Å². The number of rotatable bonds is 0. The van der Waals surface area contributed by atoms with Crippen molar-refractivity contribution in [1.82, 2.24) is 4.90 Å². The number of hydrogen-bond donors (Lipinski definition) is 2. The third kappa shape index (κ3) is 1.44. The first-order valence-corrected chi connectivity index (χ1v) is 7.93. The topological polar surface area (TPSA) is 43.7 Å². The lowest BCUT2D eigenvalue weighted by molar-refractivity contribution is -0.204. The van der Waals surface area contributed by atoms with Crippen LogP contribution in [0.15, 0.2) is 11.6 Å². The molecule has 2 saturated heterocycles. The molecule has 2 aliphatic heterocycles. The van der Waals surface area contributed by atoms with E-state index in [2.05, 4.69) is 17.9 Å². The minimum Gasteiger partial charge on any atom is -0.390 e. The van der Waals surface area contributed by atoms with E-state index in [4.69, 9.17) is 0 Å². The van der Waals surface area contributed by atoms with Crippen molar-refractivity contribution in [3.63, 3.8) is 0 Å². The molecule has 2 bridgehead atoms. The second-order valence-electron chi connectivity index (χ2n) is 7.22. The number of nitrogens with zero attached hydrogens (tertiary/aromatic N) is 1. The first-order chi connectivity index (χ1) is 9.14. The highest BCUT2D eigenvalue weighted by Gasteiger charge is 2.63. The molecule has 3 fully saturated rings. The molecule has 0 aromatic carbocycles. The zero-order valence-electron chi connectivity index (χ0n) is 11.8. The fourth-order valence-electron chi connectivity index (χ4n) is 5.89. The highest BCUT2D eigenvalue weighted by atomic mass is 16.3. The Hall–Kier alpha value is -0.380. The quantitative estimate of drug-likeness (QED) is 0.652. The lowest BCUT2D eigenvalue weighted by Crippen LogP contribution is -2.73. The zero-order valence-corrected chi connectivity index (χ0v) is 11.8. The minimum atomic E-state index is -0.545. The van der Waals surface area contributed by atoms with Gasteiger partial charge in [0, 0.05) is 17.4 Å². The lowest BCUT2D eigenvalue weighted by atomic mass is 9.50. The number of aliphatic hydroxyl groups excluding tert-OH is 2. The molecule has 3 heteroatoms. The average Bonchev–Trinajstić information content (AvgIpc) is 2.40. The van der Waals surface area contributed by atoms with Gasteiger partial charge >= 0.3 is 0 Å². The monoisotopic (exact) mass is 263 g/mol. The van der Waals surface area contributed by atoms with Crippen LogP contribution in [-0.4, -0.2) is 45.9 Å². The maximum atomic E-state index is 10.6. The van der Waals surface area contributed by atoms with E-state index < -0.39 is 12.2 Å². The molecule has 0 aromatic rings. The van der Waals surface area contributed by atoms with Crippen LogP contribution in [0, 0.1) is 17.8 Å². The van der Waals surface area contributed by atoms with E-state index in [0.29, 0.717) is 5.92 Å². The maximum absolute atomic E-state index is 10.6. The van der Waals surface area contributed by atoms with Gasteiger partial charge in [-0.15, -0.1) is 0 Å². The van der Waals surface area contributed by atoms with Crippen molar-refractivity contribution in [2.24, 2.45) is 17.8 Å². The summed E-state index contributed by atoms with van der Waals surface area (Å²) in [5.74, 6) is 1.02. The molecule has 1 spiro atoms. The molecular formula is C16H25NO2. The van der Waals surface area contributed by atoms with Crippen molar-refractivity contribution in [1.29, 1.82) is 0 Å². The van der Waals surface area contributed by atoms with Gasteiger partial charge in [-0.1, -0.05) is 11.6 Å². The first-order valence-electron chi connectivity index (χ1n) is 7.93. The molecule has 2 heterocycles. The third-order valence-electron chi connectivity index (χ3n) is 6.42. The molecule has 6 unspecified atom stereocenters. The molecule has 0 aromatic heterocycles. The molecule has 0 amide bonds. The van der Waals surface area contributed by atoms with Crippen molar-refractivity contribution < 1.29 is 10.2 Å². The van der Waals surface area contributed by atoms with E-state index in [9.17, 15) is 10.2 Å². The van der Waals surface area contributed by atoms with E-state index in [1.165, 1.54) is 37.9 Å². The Bertz CT molecular complexity index is 419. The average molecular weight is 263 g/mol. The van der Waals surface area contributed by atoms with Gasteiger partial charge < -0.3 is 10.2 Å². The summed E-state index contributed by atoms with van der Waals surface area (Å²) in [6, 6.07) is 0. The highest BCUT2D eigenvalue weighted by molar-refractivity contribution is 5.27. The molecule has 2 aliphatic carbocycles. The van der Waals surface area contributed by atoms with Gasteiger partial charge in [0.05, 0.1) is 12.2 Å². The Morgan fingerprint density at radius 3 is 2.53 bits per heavy atom. The fraction of sp³-hybridized carbons (Fsp3) is 0.875. The summed E-state index contributed by atoms with van der Waals surface area (Å²) in [7, 11) is 0. The molecular weight excluding hydrogens is 238 g/mol. The van der Waals surface area contributed by atoms with Crippen LogP contribution in [0.3, 0.4) is 0 Å². The van der Waals surface area contributed by atoms with Crippen LogP contribution < -0.4 is 0 Å². The van der Waals surface area contributed by atoms with Crippen molar-refractivity contribution >= 4 is 0 Å². The molecule has 6 atom stereocenters. The van der Waals surface area contributed by atoms with E-state index in [1.807, 2.05) is 0 Å². The molecule has 2 N–H and O–H groups in total. The predicted molar refractivity (Wildman–Crippen MR) is 73.6 cm³/mol. The Kier molecular flexibility index (Phi) is 2.64. The summed E-state index contributed by atoms with van der Waals surface area (Å²) in [6.07, 6.45) is 7.06. The molecule has 106 valence electrons. The Morgan fingerprint density at radius 2 is 1.79 bits per heavy atom. The van der Waals surface area contributed by atoms with E-state index >= 15 is 0 Å². The first kappa shape index (κ1) is 12.4. The van der Waals surface area contributed by atoms with Gasteiger partial charge in [-0.2, -0.15) is 0 Å². The molecule has 0 radical (unpaired) electrons. The predicted octanol–water partition coefficient (Wildman–Crippen LogP) is 1.55. The summed E-state index contributed by atoms with van der Waals surface area (Å²) in [6.45, 7) is 4.59. The van der Waals surface area contributed by atoms with Crippen LogP contribution in [0.25, 0.3) is 0 Å². The normalized spacial score (nSPS) is 53.4.